The number of rotatable bonds is 1. The van der Waals surface area contributed by atoms with Crippen LogP contribution in [0.1, 0.15) is 0 Å². The molecule has 2 heterocycles. The molecule has 0 radical (unpaired) electrons. The summed E-state index contributed by atoms with van der Waals surface area (Å²) in [6.07, 6.45) is 2.97. The lowest BCUT2D eigenvalue weighted by Crippen LogP contribution is -1.82. The third kappa shape index (κ3) is 1.44. The third-order valence-corrected chi connectivity index (χ3v) is 2.63. The van der Waals surface area contributed by atoms with Gasteiger partial charge in [-0.3, -0.25) is 4.98 Å². The quantitative estimate of drug-likeness (QED) is 0.646. The molecule has 0 fully saturated rings. The zero-order valence-corrected chi connectivity index (χ0v) is 8.85. The number of halogens is 1. The van der Waals surface area contributed by atoms with Gasteiger partial charge in [0.15, 0.2) is 0 Å². The minimum atomic E-state index is 0.476. The molecule has 3 rings (SSSR count). The van der Waals surface area contributed by atoms with Gasteiger partial charge in [0.05, 0.1) is 10.5 Å². The van der Waals surface area contributed by atoms with Gasteiger partial charge in [0.25, 0.3) is 0 Å². The van der Waals surface area contributed by atoms with E-state index in [1.54, 1.807) is 12.3 Å². The Balaban J connectivity index is 2.24. The fourth-order valence-corrected chi connectivity index (χ4v) is 1.76. The van der Waals surface area contributed by atoms with Crippen LogP contribution in [-0.4, -0.2) is 15.2 Å². The first-order valence-electron chi connectivity index (χ1n) is 4.65. The maximum Gasteiger partial charge on any atom is 0.247 e. The van der Waals surface area contributed by atoms with E-state index < -0.39 is 0 Å². The maximum absolute atomic E-state index is 6.04. The molecule has 0 aliphatic carbocycles. The van der Waals surface area contributed by atoms with Crippen molar-refractivity contribution in [2.45, 2.75) is 0 Å². The van der Waals surface area contributed by atoms with Gasteiger partial charge in [-0.25, -0.2) is 0 Å². The highest BCUT2D eigenvalue weighted by atomic mass is 35.5. The first-order chi connectivity index (χ1) is 7.84. The summed E-state index contributed by atoms with van der Waals surface area (Å²) in [5, 5.41) is 9.06. The Labute approximate surface area is 95.9 Å². The van der Waals surface area contributed by atoms with Gasteiger partial charge < -0.3 is 4.42 Å². The predicted molar refractivity (Wildman–Crippen MR) is 60.0 cm³/mol. The molecule has 0 N–H and O–H groups in total. The molecular formula is C11H6ClN3O. The zero-order valence-electron chi connectivity index (χ0n) is 8.09. The van der Waals surface area contributed by atoms with E-state index in [0.29, 0.717) is 10.9 Å². The van der Waals surface area contributed by atoms with E-state index in [4.69, 9.17) is 16.0 Å². The molecular weight excluding hydrogens is 226 g/mol. The normalized spacial score (nSPS) is 10.8. The molecule has 0 saturated heterocycles. The average molecular weight is 232 g/mol. The second-order valence-corrected chi connectivity index (χ2v) is 3.68. The van der Waals surface area contributed by atoms with Crippen LogP contribution in [0.5, 0.6) is 0 Å². The van der Waals surface area contributed by atoms with Gasteiger partial charge in [-0.05, 0) is 18.2 Å². The van der Waals surface area contributed by atoms with Crippen molar-refractivity contribution in [2.75, 3.05) is 0 Å². The van der Waals surface area contributed by atoms with Gasteiger partial charge >= 0.3 is 0 Å². The summed E-state index contributed by atoms with van der Waals surface area (Å²) in [5.41, 5.74) is 1.64. The summed E-state index contributed by atoms with van der Waals surface area (Å²) < 4.78 is 5.12. The van der Waals surface area contributed by atoms with E-state index in [1.165, 1.54) is 6.39 Å². The number of nitrogens with zero attached hydrogens (tertiary/aromatic N) is 3. The molecule has 0 saturated carbocycles. The van der Waals surface area contributed by atoms with Crippen LogP contribution in [0.15, 0.2) is 41.3 Å². The molecule has 0 atom stereocenters. The van der Waals surface area contributed by atoms with Crippen LogP contribution in [-0.2, 0) is 0 Å². The first kappa shape index (κ1) is 9.30. The summed E-state index contributed by atoms with van der Waals surface area (Å²) in [6.45, 7) is 0. The van der Waals surface area contributed by atoms with Gasteiger partial charge in [0.2, 0.25) is 12.3 Å². The Morgan fingerprint density at radius 3 is 2.94 bits per heavy atom. The third-order valence-electron chi connectivity index (χ3n) is 2.30. The molecule has 0 spiro atoms. The highest BCUT2D eigenvalue weighted by Crippen LogP contribution is 2.25. The number of hydrogen-bond donors (Lipinski definition) is 0. The molecule has 78 valence electrons. The molecule has 0 bridgehead atoms. The fourth-order valence-electron chi connectivity index (χ4n) is 1.55. The predicted octanol–water partition coefficient (Wildman–Crippen LogP) is 2.94. The fraction of sp³-hybridized carbons (Fsp3) is 0. The van der Waals surface area contributed by atoms with Crippen LogP contribution >= 0.6 is 11.6 Å². The Hall–Kier alpha value is -1.94. The van der Waals surface area contributed by atoms with E-state index in [1.807, 2.05) is 18.2 Å². The Kier molecular flexibility index (Phi) is 2.08. The number of fused-ring (bicyclic) bond motifs is 1. The summed E-state index contributed by atoms with van der Waals surface area (Å²) in [5.74, 6) is 0.476. The van der Waals surface area contributed by atoms with E-state index >= 15 is 0 Å². The first-order valence-corrected chi connectivity index (χ1v) is 5.03. The number of aromatic nitrogens is 3. The van der Waals surface area contributed by atoms with Crippen molar-refractivity contribution >= 4 is 22.5 Å². The van der Waals surface area contributed by atoms with Crippen molar-refractivity contribution in [3.8, 4) is 11.5 Å². The Bertz CT molecular complexity index is 637. The monoisotopic (exact) mass is 231 g/mol. The summed E-state index contributed by atoms with van der Waals surface area (Å²) in [4.78, 5) is 4.24. The molecule has 4 nitrogen and oxygen atoms in total. The van der Waals surface area contributed by atoms with Gasteiger partial charge in [-0.15, -0.1) is 10.2 Å². The molecule has 0 amide bonds. The van der Waals surface area contributed by atoms with Crippen LogP contribution in [0.2, 0.25) is 5.02 Å². The standard InChI is InChI=1S/C11H6ClN3O/c12-9-3-4-13-10-5-7(1-2-8(9)10)11-15-14-6-16-11/h1-6H. The number of pyridine rings is 1. The van der Waals surface area contributed by atoms with Gasteiger partial charge in [-0.2, -0.15) is 0 Å². The molecule has 0 aliphatic heterocycles. The van der Waals surface area contributed by atoms with Crippen molar-refractivity contribution < 1.29 is 4.42 Å². The highest BCUT2D eigenvalue weighted by molar-refractivity contribution is 6.35. The van der Waals surface area contributed by atoms with Crippen molar-refractivity contribution in [3.05, 3.63) is 41.9 Å². The lowest BCUT2D eigenvalue weighted by molar-refractivity contribution is 0.568. The van der Waals surface area contributed by atoms with Crippen LogP contribution in [0.25, 0.3) is 22.4 Å². The SMILES string of the molecule is Clc1ccnc2cc(-c3nnco3)ccc12. The molecule has 16 heavy (non-hydrogen) atoms. The lowest BCUT2D eigenvalue weighted by Gasteiger charge is -2.00. The molecule has 0 unspecified atom stereocenters. The van der Waals surface area contributed by atoms with Crippen molar-refractivity contribution in [1.29, 1.82) is 0 Å². The van der Waals surface area contributed by atoms with E-state index in [0.717, 1.165) is 16.5 Å². The van der Waals surface area contributed by atoms with Crippen molar-refractivity contribution in [2.24, 2.45) is 0 Å². The molecule has 3 aromatic rings. The van der Waals surface area contributed by atoms with E-state index in [2.05, 4.69) is 15.2 Å². The summed E-state index contributed by atoms with van der Waals surface area (Å²) >= 11 is 6.04. The van der Waals surface area contributed by atoms with Crippen molar-refractivity contribution in [3.63, 3.8) is 0 Å². The van der Waals surface area contributed by atoms with Crippen LogP contribution in [0.3, 0.4) is 0 Å². The highest BCUT2D eigenvalue weighted by Gasteiger charge is 2.06. The Morgan fingerprint density at radius 2 is 2.12 bits per heavy atom. The molecule has 0 aliphatic rings. The van der Waals surface area contributed by atoms with E-state index in [-0.39, 0.29) is 0 Å². The molecule has 1 aromatic carbocycles. The largest absolute Gasteiger partial charge is 0.423 e. The Morgan fingerprint density at radius 1 is 1.19 bits per heavy atom. The van der Waals surface area contributed by atoms with Crippen molar-refractivity contribution in [1.82, 2.24) is 15.2 Å². The maximum atomic E-state index is 6.04. The topological polar surface area (TPSA) is 51.8 Å². The summed E-state index contributed by atoms with van der Waals surface area (Å²) in [7, 11) is 0. The second-order valence-electron chi connectivity index (χ2n) is 3.27. The summed E-state index contributed by atoms with van der Waals surface area (Å²) in [6, 6.07) is 7.40. The van der Waals surface area contributed by atoms with Crippen LogP contribution < -0.4 is 0 Å². The van der Waals surface area contributed by atoms with Gasteiger partial charge in [-0.1, -0.05) is 17.7 Å². The lowest BCUT2D eigenvalue weighted by atomic mass is 10.1. The smallest absolute Gasteiger partial charge is 0.247 e. The minimum Gasteiger partial charge on any atom is -0.423 e. The van der Waals surface area contributed by atoms with Crippen LogP contribution in [0.4, 0.5) is 0 Å². The zero-order chi connectivity index (χ0) is 11.0. The van der Waals surface area contributed by atoms with Gasteiger partial charge in [0, 0.05) is 17.1 Å². The minimum absolute atomic E-state index is 0.476. The van der Waals surface area contributed by atoms with Gasteiger partial charge in [0.1, 0.15) is 0 Å². The molecule has 5 heteroatoms. The average Bonchev–Trinajstić information content (AvgIpc) is 2.82. The number of hydrogen-bond acceptors (Lipinski definition) is 4. The second kappa shape index (κ2) is 3.57. The number of benzene rings is 1. The van der Waals surface area contributed by atoms with E-state index in [9.17, 15) is 0 Å². The van der Waals surface area contributed by atoms with Crippen LogP contribution in [0, 0.1) is 0 Å². The molecule has 2 aromatic heterocycles.